The minimum atomic E-state index is -4.60. The van der Waals surface area contributed by atoms with E-state index in [4.69, 9.17) is 5.41 Å². The zero-order chi connectivity index (χ0) is 18.4. The predicted octanol–water partition coefficient (Wildman–Crippen LogP) is 3.96. The van der Waals surface area contributed by atoms with Crippen molar-refractivity contribution in [1.29, 1.82) is 5.41 Å². The Kier molecular flexibility index (Phi) is 3.82. The van der Waals surface area contributed by atoms with E-state index in [2.05, 4.69) is 0 Å². The van der Waals surface area contributed by atoms with E-state index in [0.717, 1.165) is 28.7 Å². The maximum atomic E-state index is 12.9. The Labute approximate surface area is 140 Å². The topological polar surface area (TPSA) is 64.5 Å². The van der Waals surface area contributed by atoms with Gasteiger partial charge >= 0.3 is 18.1 Å². The number of urea groups is 1. The minimum absolute atomic E-state index is 0.187. The quantitative estimate of drug-likeness (QED) is 0.836. The molecule has 1 aliphatic heterocycles. The largest absolute Gasteiger partial charge is 0.416 e. The third kappa shape index (κ3) is 2.86. The molecule has 3 rings (SSSR count). The van der Waals surface area contributed by atoms with Gasteiger partial charge in [0.1, 0.15) is 0 Å². The molecule has 1 N–H and O–H groups in total. The second kappa shape index (κ2) is 5.73. The van der Waals surface area contributed by atoms with Gasteiger partial charge < -0.3 is 0 Å². The Morgan fingerprint density at radius 2 is 1.56 bits per heavy atom. The van der Waals surface area contributed by atoms with Crippen LogP contribution in [-0.2, 0) is 11.0 Å². The standard InChI is InChI=1S/C17H12F3N3O2/c1-10-5-7-12(8-6-10)23-15(24)14(21)22(16(23)25)13-4-2-3-11(9-13)17(18,19)20/h2-9,21H,1H3. The number of amides is 3. The Morgan fingerprint density at radius 3 is 2.16 bits per heavy atom. The number of aryl methyl sites for hydroxylation is 1. The van der Waals surface area contributed by atoms with Gasteiger partial charge in [-0.1, -0.05) is 23.8 Å². The van der Waals surface area contributed by atoms with Crippen LogP contribution in [0.5, 0.6) is 0 Å². The van der Waals surface area contributed by atoms with E-state index in [1.165, 1.54) is 18.2 Å². The number of carbonyl (C=O) groups is 2. The fourth-order valence-corrected chi connectivity index (χ4v) is 2.47. The third-order valence-corrected chi connectivity index (χ3v) is 3.74. The lowest BCUT2D eigenvalue weighted by atomic mass is 10.2. The number of hydrogen-bond donors (Lipinski definition) is 1. The van der Waals surface area contributed by atoms with Gasteiger partial charge in [0.15, 0.2) is 0 Å². The Morgan fingerprint density at radius 1 is 0.920 bits per heavy atom. The van der Waals surface area contributed by atoms with Crippen molar-refractivity contribution in [1.82, 2.24) is 0 Å². The molecule has 0 aliphatic carbocycles. The Bertz CT molecular complexity index is 875. The molecule has 0 spiro atoms. The van der Waals surface area contributed by atoms with Crippen LogP contribution in [0.15, 0.2) is 48.5 Å². The Balaban J connectivity index is 2.01. The number of alkyl halides is 3. The molecule has 8 heteroatoms. The average molecular weight is 347 g/mol. The Hall–Kier alpha value is -3.16. The van der Waals surface area contributed by atoms with Gasteiger partial charge in [-0.25, -0.2) is 14.6 Å². The summed E-state index contributed by atoms with van der Waals surface area (Å²) in [5, 5.41) is 7.86. The van der Waals surface area contributed by atoms with Crippen LogP contribution < -0.4 is 9.80 Å². The molecular weight excluding hydrogens is 335 g/mol. The summed E-state index contributed by atoms with van der Waals surface area (Å²) in [6, 6.07) is 9.51. The first-order chi connectivity index (χ1) is 11.7. The highest BCUT2D eigenvalue weighted by Gasteiger charge is 2.44. The number of anilines is 2. The molecule has 2 aromatic rings. The average Bonchev–Trinajstić information content (AvgIpc) is 2.78. The number of rotatable bonds is 2. The van der Waals surface area contributed by atoms with Gasteiger partial charge in [0.25, 0.3) is 0 Å². The zero-order valence-corrected chi connectivity index (χ0v) is 13.0. The molecule has 0 radical (unpaired) electrons. The number of halogens is 3. The molecular formula is C17H12F3N3O2. The summed E-state index contributed by atoms with van der Waals surface area (Å²) in [6.07, 6.45) is -4.60. The van der Waals surface area contributed by atoms with Crippen LogP contribution in [0.3, 0.4) is 0 Å². The van der Waals surface area contributed by atoms with Crippen molar-refractivity contribution in [3.05, 3.63) is 59.7 Å². The molecule has 3 amide bonds. The van der Waals surface area contributed by atoms with Crippen LogP contribution in [0.4, 0.5) is 29.3 Å². The van der Waals surface area contributed by atoms with Crippen molar-refractivity contribution in [3.63, 3.8) is 0 Å². The summed E-state index contributed by atoms with van der Waals surface area (Å²) >= 11 is 0. The molecule has 0 aromatic heterocycles. The molecule has 25 heavy (non-hydrogen) atoms. The molecule has 128 valence electrons. The van der Waals surface area contributed by atoms with Crippen LogP contribution in [0.1, 0.15) is 11.1 Å². The molecule has 1 aliphatic rings. The first-order valence-electron chi connectivity index (χ1n) is 7.21. The lowest BCUT2D eigenvalue weighted by Gasteiger charge is -2.17. The van der Waals surface area contributed by atoms with E-state index in [0.29, 0.717) is 4.90 Å². The van der Waals surface area contributed by atoms with Crippen LogP contribution >= 0.6 is 0 Å². The monoisotopic (exact) mass is 347 g/mol. The van der Waals surface area contributed by atoms with Crippen molar-refractivity contribution < 1.29 is 22.8 Å². The fourth-order valence-electron chi connectivity index (χ4n) is 2.47. The van der Waals surface area contributed by atoms with E-state index < -0.39 is 29.5 Å². The van der Waals surface area contributed by atoms with E-state index in [-0.39, 0.29) is 11.4 Å². The maximum Gasteiger partial charge on any atom is 0.416 e. The van der Waals surface area contributed by atoms with Gasteiger partial charge in [0, 0.05) is 0 Å². The second-order valence-corrected chi connectivity index (χ2v) is 5.49. The first kappa shape index (κ1) is 16.7. The second-order valence-electron chi connectivity index (χ2n) is 5.49. The summed E-state index contributed by atoms with van der Waals surface area (Å²) in [5.41, 5.74) is 0.00658. The highest BCUT2D eigenvalue weighted by molar-refractivity contribution is 6.61. The van der Waals surface area contributed by atoms with Gasteiger partial charge in [-0.2, -0.15) is 13.2 Å². The van der Waals surface area contributed by atoms with Gasteiger partial charge in [-0.05, 0) is 37.3 Å². The summed E-state index contributed by atoms with van der Waals surface area (Å²) < 4.78 is 38.6. The normalized spacial score (nSPS) is 15.3. The van der Waals surface area contributed by atoms with Crippen molar-refractivity contribution in [2.45, 2.75) is 13.1 Å². The molecule has 0 bridgehead atoms. The van der Waals surface area contributed by atoms with Gasteiger partial charge in [-0.3, -0.25) is 10.2 Å². The van der Waals surface area contributed by atoms with E-state index in [1.807, 2.05) is 6.92 Å². The molecule has 1 heterocycles. The van der Waals surface area contributed by atoms with Gasteiger partial charge in [-0.15, -0.1) is 0 Å². The molecule has 2 aromatic carbocycles. The minimum Gasteiger partial charge on any atom is -0.279 e. The van der Waals surface area contributed by atoms with Crippen molar-refractivity contribution >= 4 is 29.1 Å². The van der Waals surface area contributed by atoms with Crippen LogP contribution in [0, 0.1) is 12.3 Å². The number of nitrogens with zero attached hydrogens (tertiary/aromatic N) is 2. The van der Waals surface area contributed by atoms with Crippen molar-refractivity contribution in [2.24, 2.45) is 0 Å². The molecule has 1 saturated heterocycles. The van der Waals surface area contributed by atoms with Crippen molar-refractivity contribution in [2.75, 3.05) is 9.80 Å². The fraction of sp³-hybridized carbons (Fsp3) is 0.118. The summed E-state index contributed by atoms with van der Waals surface area (Å²) in [4.78, 5) is 26.3. The molecule has 0 atom stereocenters. The van der Waals surface area contributed by atoms with Crippen LogP contribution in [0.25, 0.3) is 0 Å². The van der Waals surface area contributed by atoms with E-state index in [9.17, 15) is 22.8 Å². The summed E-state index contributed by atoms with van der Waals surface area (Å²) in [6.45, 7) is 1.83. The zero-order valence-electron chi connectivity index (χ0n) is 13.0. The number of nitrogens with one attached hydrogen (secondary N) is 1. The lowest BCUT2D eigenvalue weighted by Crippen LogP contribution is -2.33. The number of carbonyl (C=O) groups excluding carboxylic acids is 2. The number of amidine groups is 1. The molecule has 1 fully saturated rings. The molecule has 0 unspecified atom stereocenters. The first-order valence-corrected chi connectivity index (χ1v) is 7.21. The number of hydrogen-bond acceptors (Lipinski definition) is 3. The SMILES string of the molecule is Cc1ccc(N2C(=O)C(=N)N(c3cccc(C(F)(F)F)c3)C2=O)cc1. The van der Waals surface area contributed by atoms with Gasteiger partial charge in [0.05, 0.1) is 16.9 Å². The van der Waals surface area contributed by atoms with Crippen molar-refractivity contribution in [3.8, 4) is 0 Å². The lowest BCUT2D eigenvalue weighted by molar-refractivity contribution is -0.137. The highest BCUT2D eigenvalue weighted by Crippen LogP contribution is 2.33. The van der Waals surface area contributed by atoms with Crippen LogP contribution in [0.2, 0.25) is 0 Å². The highest BCUT2D eigenvalue weighted by atomic mass is 19.4. The predicted molar refractivity (Wildman–Crippen MR) is 85.7 cm³/mol. The maximum absolute atomic E-state index is 12.9. The van der Waals surface area contributed by atoms with Gasteiger partial charge in [0.2, 0.25) is 5.84 Å². The molecule has 0 saturated carbocycles. The third-order valence-electron chi connectivity index (χ3n) is 3.74. The smallest absolute Gasteiger partial charge is 0.279 e. The summed E-state index contributed by atoms with van der Waals surface area (Å²) in [5.74, 6) is -1.60. The number of imide groups is 1. The molecule has 5 nitrogen and oxygen atoms in total. The van der Waals surface area contributed by atoms with E-state index >= 15 is 0 Å². The number of benzene rings is 2. The van der Waals surface area contributed by atoms with E-state index in [1.54, 1.807) is 12.1 Å². The summed E-state index contributed by atoms with van der Waals surface area (Å²) in [7, 11) is 0. The van der Waals surface area contributed by atoms with Crippen LogP contribution in [-0.4, -0.2) is 17.8 Å².